The summed E-state index contributed by atoms with van der Waals surface area (Å²) in [5.41, 5.74) is 2.62. The van der Waals surface area contributed by atoms with E-state index in [-0.39, 0.29) is 0 Å². The topological polar surface area (TPSA) is 24.5 Å². The van der Waals surface area contributed by atoms with Gasteiger partial charge in [-0.25, -0.2) is 0 Å². The zero-order valence-electron chi connectivity index (χ0n) is 11.7. The molecule has 1 aromatic rings. The lowest BCUT2D eigenvalue weighted by atomic mass is 10.0. The molecule has 100 valence electrons. The Hall–Kier alpha value is -1.06. The fourth-order valence-corrected chi connectivity index (χ4v) is 2.42. The summed E-state index contributed by atoms with van der Waals surface area (Å²) in [6.45, 7) is 6.78. The van der Waals surface area contributed by atoms with E-state index in [9.17, 15) is 0 Å². The van der Waals surface area contributed by atoms with E-state index in [4.69, 9.17) is 4.74 Å². The normalized spacial score (nSPS) is 15.8. The van der Waals surface area contributed by atoms with Crippen LogP contribution in [0.2, 0.25) is 0 Å². The van der Waals surface area contributed by atoms with Crippen molar-refractivity contribution < 1.29 is 4.74 Å². The summed E-state index contributed by atoms with van der Waals surface area (Å²) in [6, 6.07) is 6.41. The first-order valence-electron chi connectivity index (χ1n) is 6.72. The van der Waals surface area contributed by atoms with Gasteiger partial charge in [-0.2, -0.15) is 0 Å². The fourth-order valence-electron chi connectivity index (χ4n) is 2.42. The Morgan fingerprint density at radius 2 is 2.17 bits per heavy atom. The summed E-state index contributed by atoms with van der Waals surface area (Å²) in [4.78, 5) is 2.42. The Morgan fingerprint density at radius 1 is 1.39 bits per heavy atom. The van der Waals surface area contributed by atoms with Crippen LogP contribution in [0.15, 0.2) is 18.2 Å². The van der Waals surface area contributed by atoms with E-state index < -0.39 is 0 Å². The summed E-state index contributed by atoms with van der Waals surface area (Å²) < 4.78 is 5.42. The van der Waals surface area contributed by atoms with E-state index >= 15 is 0 Å². The summed E-state index contributed by atoms with van der Waals surface area (Å²) in [7, 11) is 3.96. The number of rotatable bonds is 6. The Bertz CT molecular complexity index is 388. The second-order valence-corrected chi connectivity index (χ2v) is 5.35. The molecule has 0 amide bonds. The number of hydrogen-bond donors (Lipinski definition) is 1. The average molecular weight is 248 g/mol. The van der Waals surface area contributed by atoms with Gasteiger partial charge in [0.1, 0.15) is 5.75 Å². The smallest absolute Gasteiger partial charge is 0.122 e. The Balaban J connectivity index is 1.86. The van der Waals surface area contributed by atoms with Gasteiger partial charge in [0, 0.05) is 26.2 Å². The highest BCUT2D eigenvalue weighted by Gasteiger charge is 2.18. The van der Waals surface area contributed by atoms with Crippen LogP contribution < -0.4 is 10.1 Å². The molecule has 2 rings (SSSR count). The minimum Gasteiger partial charge on any atom is -0.496 e. The Kier molecular flexibility index (Phi) is 4.61. The lowest BCUT2D eigenvalue weighted by molar-refractivity contribution is 0.225. The molecule has 1 N–H and O–H groups in total. The predicted molar refractivity (Wildman–Crippen MR) is 75.3 cm³/mol. The minimum absolute atomic E-state index is 0.842. The number of benzene rings is 1. The van der Waals surface area contributed by atoms with Crippen LogP contribution in [-0.4, -0.2) is 45.2 Å². The van der Waals surface area contributed by atoms with Crippen molar-refractivity contribution in [2.75, 3.05) is 40.3 Å². The van der Waals surface area contributed by atoms with Crippen LogP contribution in [0.3, 0.4) is 0 Å². The third kappa shape index (κ3) is 3.47. The number of aryl methyl sites for hydroxylation is 1. The SMILES string of the molecule is COc1ccc(C)cc1CCN(C)CC1CNC1. The van der Waals surface area contributed by atoms with Gasteiger partial charge in [-0.05, 0) is 37.9 Å². The third-order valence-corrected chi connectivity index (χ3v) is 3.63. The lowest BCUT2D eigenvalue weighted by Gasteiger charge is -2.31. The lowest BCUT2D eigenvalue weighted by Crippen LogP contribution is -2.47. The van der Waals surface area contributed by atoms with E-state index in [1.165, 1.54) is 30.8 Å². The maximum absolute atomic E-state index is 5.42. The molecule has 0 aliphatic carbocycles. The van der Waals surface area contributed by atoms with Crippen molar-refractivity contribution >= 4 is 0 Å². The second kappa shape index (κ2) is 6.21. The number of methoxy groups -OCH3 is 1. The molecule has 3 heteroatoms. The monoisotopic (exact) mass is 248 g/mol. The zero-order chi connectivity index (χ0) is 13.0. The molecule has 0 radical (unpaired) electrons. The van der Waals surface area contributed by atoms with Crippen LogP contribution in [0.25, 0.3) is 0 Å². The molecule has 0 unspecified atom stereocenters. The number of ether oxygens (including phenoxy) is 1. The van der Waals surface area contributed by atoms with Gasteiger partial charge < -0.3 is 15.0 Å². The quantitative estimate of drug-likeness (QED) is 0.829. The first kappa shape index (κ1) is 13.4. The average Bonchev–Trinajstić information content (AvgIpc) is 2.31. The molecule has 1 fully saturated rings. The summed E-state index contributed by atoms with van der Waals surface area (Å²) in [5, 5.41) is 3.32. The number of nitrogens with zero attached hydrogens (tertiary/aromatic N) is 1. The first-order chi connectivity index (χ1) is 8.69. The number of hydrogen-bond acceptors (Lipinski definition) is 3. The van der Waals surface area contributed by atoms with Crippen molar-refractivity contribution in [2.24, 2.45) is 5.92 Å². The van der Waals surface area contributed by atoms with Gasteiger partial charge in [-0.3, -0.25) is 0 Å². The van der Waals surface area contributed by atoms with Crippen LogP contribution in [-0.2, 0) is 6.42 Å². The molecule has 0 atom stereocenters. The van der Waals surface area contributed by atoms with Crippen molar-refractivity contribution in [3.8, 4) is 5.75 Å². The standard InChI is InChI=1S/C15H24N2O/c1-12-4-5-15(18-3)14(8-12)6-7-17(2)11-13-9-16-10-13/h4-5,8,13,16H,6-7,9-11H2,1-3H3. The van der Waals surface area contributed by atoms with Crippen LogP contribution in [0.4, 0.5) is 0 Å². The van der Waals surface area contributed by atoms with Crippen LogP contribution in [0.5, 0.6) is 5.75 Å². The van der Waals surface area contributed by atoms with Crippen molar-refractivity contribution in [2.45, 2.75) is 13.3 Å². The highest BCUT2D eigenvalue weighted by Crippen LogP contribution is 2.20. The van der Waals surface area contributed by atoms with Gasteiger partial charge in [0.25, 0.3) is 0 Å². The van der Waals surface area contributed by atoms with Gasteiger partial charge in [0.05, 0.1) is 7.11 Å². The number of likely N-dealkylation sites (N-methyl/N-ethyl adjacent to an activating group) is 1. The van der Waals surface area contributed by atoms with E-state index in [1.807, 2.05) is 0 Å². The molecule has 1 aromatic carbocycles. The molecule has 0 spiro atoms. The highest BCUT2D eigenvalue weighted by molar-refractivity contribution is 5.37. The van der Waals surface area contributed by atoms with Gasteiger partial charge in [-0.1, -0.05) is 17.7 Å². The predicted octanol–water partition coefficient (Wildman–Crippen LogP) is 1.70. The second-order valence-electron chi connectivity index (χ2n) is 5.35. The molecule has 0 bridgehead atoms. The van der Waals surface area contributed by atoms with Gasteiger partial charge in [0.15, 0.2) is 0 Å². The van der Waals surface area contributed by atoms with Crippen LogP contribution >= 0.6 is 0 Å². The van der Waals surface area contributed by atoms with E-state index in [0.29, 0.717) is 0 Å². The third-order valence-electron chi connectivity index (χ3n) is 3.63. The molecule has 1 saturated heterocycles. The Morgan fingerprint density at radius 3 is 2.78 bits per heavy atom. The molecule has 1 aliphatic heterocycles. The molecular formula is C15H24N2O. The van der Waals surface area contributed by atoms with Gasteiger partial charge in [0.2, 0.25) is 0 Å². The van der Waals surface area contributed by atoms with Gasteiger partial charge in [-0.15, -0.1) is 0 Å². The van der Waals surface area contributed by atoms with Crippen molar-refractivity contribution in [1.82, 2.24) is 10.2 Å². The van der Waals surface area contributed by atoms with E-state index in [1.54, 1.807) is 7.11 Å². The van der Waals surface area contributed by atoms with Crippen molar-refractivity contribution in [3.05, 3.63) is 29.3 Å². The summed E-state index contributed by atoms with van der Waals surface area (Å²) in [6.07, 6.45) is 1.06. The fraction of sp³-hybridized carbons (Fsp3) is 0.600. The summed E-state index contributed by atoms with van der Waals surface area (Å²) in [5.74, 6) is 1.86. The highest BCUT2D eigenvalue weighted by atomic mass is 16.5. The van der Waals surface area contributed by atoms with Crippen molar-refractivity contribution in [3.63, 3.8) is 0 Å². The molecule has 18 heavy (non-hydrogen) atoms. The molecule has 0 saturated carbocycles. The van der Waals surface area contributed by atoms with Crippen LogP contribution in [0.1, 0.15) is 11.1 Å². The Labute approximate surface area is 110 Å². The summed E-state index contributed by atoms with van der Waals surface area (Å²) >= 11 is 0. The molecular weight excluding hydrogens is 224 g/mol. The minimum atomic E-state index is 0.842. The van der Waals surface area contributed by atoms with E-state index in [2.05, 4.69) is 42.4 Å². The van der Waals surface area contributed by atoms with E-state index in [0.717, 1.165) is 24.6 Å². The van der Waals surface area contributed by atoms with Gasteiger partial charge >= 0.3 is 0 Å². The zero-order valence-corrected chi connectivity index (χ0v) is 11.7. The van der Waals surface area contributed by atoms with Crippen LogP contribution in [0, 0.1) is 12.8 Å². The first-order valence-corrected chi connectivity index (χ1v) is 6.72. The molecule has 1 aliphatic rings. The molecule has 0 aromatic heterocycles. The van der Waals surface area contributed by atoms with Crippen molar-refractivity contribution in [1.29, 1.82) is 0 Å². The maximum atomic E-state index is 5.42. The largest absolute Gasteiger partial charge is 0.496 e. The number of nitrogens with one attached hydrogen (secondary N) is 1. The molecule has 3 nitrogen and oxygen atoms in total. The molecule has 1 heterocycles. The maximum Gasteiger partial charge on any atom is 0.122 e.